The summed E-state index contributed by atoms with van der Waals surface area (Å²) in [5.74, 6) is -0.722. The Balaban J connectivity index is 2.46. The summed E-state index contributed by atoms with van der Waals surface area (Å²) in [6, 6.07) is 4.16. The van der Waals surface area contributed by atoms with E-state index in [1.807, 2.05) is 13.8 Å². The molecule has 0 radical (unpaired) electrons. The summed E-state index contributed by atoms with van der Waals surface area (Å²) in [5, 5.41) is 4.02. The van der Waals surface area contributed by atoms with Crippen LogP contribution in [-0.2, 0) is 14.4 Å². The third kappa shape index (κ3) is 2.10. The van der Waals surface area contributed by atoms with Crippen molar-refractivity contribution in [1.82, 2.24) is 0 Å². The van der Waals surface area contributed by atoms with Crippen molar-refractivity contribution in [2.75, 3.05) is 13.7 Å². The largest absolute Gasteiger partial charge is 0.468 e. The van der Waals surface area contributed by atoms with E-state index in [4.69, 9.17) is 9.57 Å². The maximum atomic E-state index is 11.7. The van der Waals surface area contributed by atoms with E-state index in [9.17, 15) is 4.79 Å². The highest BCUT2D eigenvalue weighted by atomic mass is 16.6. The van der Waals surface area contributed by atoms with Crippen LogP contribution in [0.1, 0.15) is 22.3 Å². The van der Waals surface area contributed by atoms with Gasteiger partial charge in [-0.05, 0) is 31.9 Å². The fourth-order valence-corrected chi connectivity index (χ4v) is 2.45. The first-order chi connectivity index (χ1) is 8.54. The minimum atomic E-state index is -0.421. The molecule has 2 rings (SSSR count). The van der Waals surface area contributed by atoms with Crippen LogP contribution in [0.4, 0.5) is 0 Å². The Bertz CT molecular complexity index is 497. The molecule has 1 aliphatic rings. The highest BCUT2D eigenvalue weighted by Crippen LogP contribution is 2.25. The van der Waals surface area contributed by atoms with Crippen molar-refractivity contribution >= 4 is 11.7 Å². The van der Waals surface area contributed by atoms with Crippen molar-refractivity contribution < 1.29 is 14.4 Å². The second-order valence-corrected chi connectivity index (χ2v) is 4.62. The van der Waals surface area contributed by atoms with Crippen LogP contribution in [0.2, 0.25) is 0 Å². The lowest BCUT2D eigenvalue weighted by molar-refractivity contribution is -0.143. The van der Waals surface area contributed by atoms with Gasteiger partial charge in [-0.1, -0.05) is 22.9 Å². The Labute approximate surface area is 107 Å². The zero-order valence-electron chi connectivity index (χ0n) is 11.1. The summed E-state index contributed by atoms with van der Waals surface area (Å²) < 4.78 is 4.79. The molecule has 0 bridgehead atoms. The second kappa shape index (κ2) is 4.80. The van der Waals surface area contributed by atoms with E-state index in [1.165, 1.54) is 12.7 Å². The Kier molecular flexibility index (Phi) is 3.36. The van der Waals surface area contributed by atoms with Gasteiger partial charge in [0, 0.05) is 5.56 Å². The summed E-state index contributed by atoms with van der Waals surface area (Å²) in [7, 11) is 1.38. The number of oxime groups is 1. The molecule has 1 heterocycles. The highest BCUT2D eigenvalue weighted by Gasteiger charge is 2.33. The lowest BCUT2D eigenvalue weighted by Crippen LogP contribution is -2.26. The van der Waals surface area contributed by atoms with E-state index in [-0.39, 0.29) is 12.6 Å². The summed E-state index contributed by atoms with van der Waals surface area (Å²) in [5.41, 5.74) is 5.07. The first-order valence-corrected chi connectivity index (χ1v) is 5.90. The van der Waals surface area contributed by atoms with Gasteiger partial charge in [0.2, 0.25) is 0 Å². The van der Waals surface area contributed by atoms with Gasteiger partial charge in [-0.25, -0.2) is 0 Å². The molecule has 0 aliphatic carbocycles. The SMILES string of the molecule is COC(=O)C1CON=C1c1c(C)cc(C)cc1C. The standard InChI is InChI=1S/C14H17NO3/c1-8-5-9(2)12(10(3)6-8)13-11(7-18-15-13)14(16)17-4/h5-6,11H,7H2,1-4H3. The van der Waals surface area contributed by atoms with E-state index in [0.717, 1.165) is 16.7 Å². The summed E-state index contributed by atoms with van der Waals surface area (Å²) in [6.07, 6.45) is 0. The molecule has 0 saturated carbocycles. The molecule has 0 saturated heterocycles. The van der Waals surface area contributed by atoms with E-state index in [2.05, 4.69) is 24.2 Å². The molecule has 0 spiro atoms. The van der Waals surface area contributed by atoms with Crippen molar-refractivity contribution in [3.8, 4) is 0 Å². The molecule has 4 heteroatoms. The van der Waals surface area contributed by atoms with Crippen molar-refractivity contribution in [3.63, 3.8) is 0 Å². The molecule has 18 heavy (non-hydrogen) atoms. The molecule has 1 atom stereocenters. The molecule has 96 valence electrons. The van der Waals surface area contributed by atoms with Gasteiger partial charge in [-0.3, -0.25) is 4.79 Å². The number of nitrogens with zero attached hydrogens (tertiary/aromatic N) is 1. The average Bonchev–Trinajstić information content (AvgIpc) is 2.75. The second-order valence-electron chi connectivity index (χ2n) is 4.62. The number of carbonyl (C=O) groups excluding carboxylic acids is 1. The summed E-state index contributed by atoms with van der Waals surface area (Å²) >= 11 is 0. The lowest BCUT2D eigenvalue weighted by Gasteiger charge is -2.14. The van der Waals surface area contributed by atoms with E-state index < -0.39 is 5.92 Å². The Morgan fingerprint density at radius 3 is 2.50 bits per heavy atom. The molecule has 1 aromatic rings. The number of hydrogen-bond donors (Lipinski definition) is 0. The van der Waals surface area contributed by atoms with Crippen molar-refractivity contribution in [1.29, 1.82) is 0 Å². The van der Waals surface area contributed by atoms with Crippen LogP contribution in [0.3, 0.4) is 0 Å². The van der Waals surface area contributed by atoms with Gasteiger partial charge in [-0.2, -0.15) is 0 Å². The predicted octanol–water partition coefficient (Wildman–Crippen LogP) is 2.14. The fraction of sp³-hybridized carbons (Fsp3) is 0.429. The summed E-state index contributed by atoms with van der Waals surface area (Å²) in [4.78, 5) is 16.8. The quantitative estimate of drug-likeness (QED) is 0.752. The van der Waals surface area contributed by atoms with Gasteiger partial charge in [0.15, 0.2) is 0 Å². The van der Waals surface area contributed by atoms with Gasteiger partial charge < -0.3 is 9.57 Å². The molecule has 0 amide bonds. The number of benzene rings is 1. The zero-order valence-corrected chi connectivity index (χ0v) is 11.1. The number of carbonyl (C=O) groups is 1. The molecular formula is C14H17NO3. The summed E-state index contributed by atoms with van der Waals surface area (Å²) in [6.45, 7) is 6.35. The van der Waals surface area contributed by atoms with E-state index in [0.29, 0.717) is 5.71 Å². The molecule has 1 aliphatic heterocycles. The Morgan fingerprint density at radius 2 is 1.94 bits per heavy atom. The lowest BCUT2D eigenvalue weighted by atomic mass is 9.90. The zero-order chi connectivity index (χ0) is 13.3. The van der Waals surface area contributed by atoms with Gasteiger partial charge in [0.05, 0.1) is 7.11 Å². The average molecular weight is 247 g/mol. The van der Waals surface area contributed by atoms with Crippen LogP contribution < -0.4 is 0 Å². The van der Waals surface area contributed by atoms with Crippen LogP contribution in [0.25, 0.3) is 0 Å². The Morgan fingerprint density at radius 1 is 1.33 bits per heavy atom. The molecular weight excluding hydrogens is 230 g/mol. The van der Waals surface area contributed by atoms with Crippen molar-refractivity contribution in [2.24, 2.45) is 11.1 Å². The van der Waals surface area contributed by atoms with Crippen LogP contribution in [-0.4, -0.2) is 25.4 Å². The van der Waals surface area contributed by atoms with Crippen molar-refractivity contribution in [2.45, 2.75) is 20.8 Å². The number of esters is 1. The third-order valence-corrected chi connectivity index (χ3v) is 3.15. The van der Waals surface area contributed by atoms with Crippen LogP contribution in [0.5, 0.6) is 0 Å². The number of methoxy groups -OCH3 is 1. The fourth-order valence-electron chi connectivity index (χ4n) is 2.45. The highest BCUT2D eigenvalue weighted by molar-refractivity contribution is 6.13. The van der Waals surface area contributed by atoms with Crippen LogP contribution >= 0.6 is 0 Å². The monoisotopic (exact) mass is 247 g/mol. The minimum Gasteiger partial charge on any atom is -0.468 e. The maximum Gasteiger partial charge on any atom is 0.318 e. The van der Waals surface area contributed by atoms with Crippen molar-refractivity contribution in [3.05, 3.63) is 34.4 Å². The molecule has 4 nitrogen and oxygen atoms in total. The first kappa shape index (κ1) is 12.6. The predicted molar refractivity (Wildman–Crippen MR) is 68.6 cm³/mol. The molecule has 1 aromatic carbocycles. The molecule has 1 unspecified atom stereocenters. The third-order valence-electron chi connectivity index (χ3n) is 3.15. The smallest absolute Gasteiger partial charge is 0.318 e. The maximum absolute atomic E-state index is 11.7. The number of hydrogen-bond acceptors (Lipinski definition) is 4. The van der Waals surface area contributed by atoms with Gasteiger partial charge in [-0.15, -0.1) is 0 Å². The molecule has 0 N–H and O–H groups in total. The number of aryl methyl sites for hydroxylation is 3. The van der Waals surface area contributed by atoms with E-state index in [1.54, 1.807) is 0 Å². The van der Waals surface area contributed by atoms with E-state index >= 15 is 0 Å². The molecule has 0 fully saturated rings. The Hall–Kier alpha value is -1.84. The molecule has 0 aromatic heterocycles. The normalized spacial score (nSPS) is 18.2. The van der Waals surface area contributed by atoms with Crippen LogP contribution in [0, 0.1) is 26.7 Å². The number of rotatable bonds is 2. The minimum absolute atomic E-state index is 0.259. The first-order valence-electron chi connectivity index (χ1n) is 5.90. The van der Waals surface area contributed by atoms with Gasteiger partial charge in [0.1, 0.15) is 18.2 Å². The van der Waals surface area contributed by atoms with Gasteiger partial charge in [0.25, 0.3) is 0 Å². The van der Waals surface area contributed by atoms with Gasteiger partial charge >= 0.3 is 5.97 Å². The van der Waals surface area contributed by atoms with Crippen LogP contribution in [0.15, 0.2) is 17.3 Å². The topological polar surface area (TPSA) is 47.9 Å². The number of ether oxygens (including phenoxy) is 1.